The molecule has 0 heterocycles. The van der Waals surface area contributed by atoms with Crippen LogP contribution in [0.15, 0.2) is 0 Å². The summed E-state index contributed by atoms with van der Waals surface area (Å²) >= 11 is 0. The lowest BCUT2D eigenvalue weighted by molar-refractivity contribution is -0.140. The third kappa shape index (κ3) is 6.27. The van der Waals surface area contributed by atoms with E-state index in [0.29, 0.717) is 30.5 Å². The molecule has 7 heteroatoms. The van der Waals surface area contributed by atoms with Gasteiger partial charge in [0.1, 0.15) is 0 Å². The summed E-state index contributed by atoms with van der Waals surface area (Å²) in [6.07, 6.45) is 13.6. The third-order valence-corrected chi connectivity index (χ3v) is 12.4. The van der Waals surface area contributed by atoms with Gasteiger partial charge in [0.05, 0.1) is 0 Å². The predicted octanol–water partition coefficient (Wildman–Crippen LogP) is 5.10. The first kappa shape index (κ1) is 31.7. The van der Waals surface area contributed by atoms with E-state index in [1.807, 2.05) is 21.0 Å². The minimum atomic E-state index is -0.221. The van der Waals surface area contributed by atoms with Crippen molar-refractivity contribution in [2.75, 3.05) is 46.8 Å². The molecule has 0 bridgehead atoms. The zero-order valence-electron chi connectivity index (χ0n) is 26.6. The molecule has 0 aromatic heterocycles. The monoisotopic (exact) mass is 559 g/mol. The summed E-state index contributed by atoms with van der Waals surface area (Å²) in [4.78, 5) is 30.5. The molecular formula is C33H61N5O2. The molecule has 4 aliphatic rings. The Morgan fingerprint density at radius 1 is 0.950 bits per heavy atom. The number of nitrogens with two attached hydrogens (primary N) is 1. The number of rotatable bonds is 11. The van der Waals surface area contributed by atoms with Crippen LogP contribution in [0.5, 0.6) is 0 Å². The van der Waals surface area contributed by atoms with Gasteiger partial charge in [-0.3, -0.25) is 9.69 Å². The van der Waals surface area contributed by atoms with Crippen molar-refractivity contribution in [2.45, 2.75) is 104 Å². The molecule has 4 aliphatic carbocycles. The van der Waals surface area contributed by atoms with Gasteiger partial charge in [-0.05, 0) is 152 Å². The van der Waals surface area contributed by atoms with Crippen molar-refractivity contribution in [3.8, 4) is 0 Å². The lowest BCUT2D eigenvalue weighted by Gasteiger charge is -2.61. The van der Waals surface area contributed by atoms with Gasteiger partial charge in [-0.1, -0.05) is 20.8 Å². The first-order valence-electron chi connectivity index (χ1n) is 16.7. The number of urea groups is 1. The fourth-order valence-corrected chi connectivity index (χ4v) is 10.2. The van der Waals surface area contributed by atoms with Gasteiger partial charge in [-0.25, -0.2) is 4.79 Å². The van der Waals surface area contributed by atoms with Crippen LogP contribution in [0, 0.1) is 46.3 Å². The number of carbonyl (C=O) groups is 2. The topological polar surface area (TPSA) is 90.7 Å². The van der Waals surface area contributed by atoms with E-state index in [4.69, 9.17) is 5.73 Å². The van der Waals surface area contributed by atoms with E-state index in [2.05, 4.69) is 36.3 Å². The third-order valence-electron chi connectivity index (χ3n) is 12.4. The second kappa shape index (κ2) is 13.4. The van der Waals surface area contributed by atoms with Crippen LogP contribution >= 0.6 is 0 Å². The summed E-state index contributed by atoms with van der Waals surface area (Å²) in [6, 6.07) is 0.448. The Balaban J connectivity index is 1.44. The van der Waals surface area contributed by atoms with E-state index in [0.717, 1.165) is 62.6 Å². The number of hydrogen-bond acceptors (Lipinski definition) is 5. The Morgan fingerprint density at radius 2 is 1.68 bits per heavy atom. The lowest BCUT2D eigenvalue weighted by atomic mass is 9.44. The predicted molar refractivity (Wildman–Crippen MR) is 164 cm³/mol. The van der Waals surface area contributed by atoms with E-state index < -0.39 is 0 Å². The average molecular weight is 560 g/mol. The maximum Gasteiger partial charge on any atom is 0.324 e. The molecule has 4 N–H and O–H groups in total. The first-order chi connectivity index (χ1) is 19.1. The molecule has 9 atom stereocenters. The van der Waals surface area contributed by atoms with Gasteiger partial charge in [0.2, 0.25) is 5.91 Å². The fourth-order valence-electron chi connectivity index (χ4n) is 10.2. The Bertz CT molecular complexity index is 866. The summed E-state index contributed by atoms with van der Waals surface area (Å²) < 4.78 is 0. The highest BCUT2D eigenvalue weighted by molar-refractivity contribution is 5.95. The summed E-state index contributed by atoms with van der Waals surface area (Å²) in [5.41, 5.74) is 6.41. The van der Waals surface area contributed by atoms with Crippen LogP contribution in [-0.2, 0) is 4.79 Å². The van der Waals surface area contributed by atoms with Gasteiger partial charge in [0, 0.05) is 25.0 Å². The Labute approximate surface area is 245 Å². The minimum Gasteiger partial charge on any atom is -0.338 e. The number of carbonyl (C=O) groups excluding carboxylic acids is 2. The molecule has 4 saturated carbocycles. The van der Waals surface area contributed by atoms with Crippen LogP contribution < -0.4 is 16.4 Å². The molecule has 230 valence electrons. The molecule has 40 heavy (non-hydrogen) atoms. The molecular weight excluding hydrogens is 498 g/mol. The van der Waals surface area contributed by atoms with Crippen LogP contribution in [-0.4, -0.2) is 74.6 Å². The molecule has 4 fully saturated rings. The molecule has 0 radical (unpaired) electrons. The molecule has 3 amide bonds. The maximum absolute atomic E-state index is 13.9. The zero-order chi connectivity index (χ0) is 29.1. The molecule has 5 unspecified atom stereocenters. The van der Waals surface area contributed by atoms with E-state index in [1.54, 1.807) is 0 Å². The Hall–Kier alpha value is -1.18. The second-order valence-corrected chi connectivity index (χ2v) is 14.7. The zero-order valence-corrected chi connectivity index (χ0v) is 26.6. The SMILES string of the molecule is CCNC(=O)N(CCCN(C)C)C(=O)C(C)[C@H]1CCC2C3CC[C@H]4CC(NCCCN)CC[C@]4(C)C3CC[C@@]21C. The van der Waals surface area contributed by atoms with Crippen molar-refractivity contribution in [3.05, 3.63) is 0 Å². The van der Waals surface area contributed by atoms with E-state index in [-0.39, 0.29) is 23.3 Å². The van der Waals surface area contributed by atoms with E-state index in [9.17, 15) is 9.59 Å². The summed E-state index contributed by atoms with van der Waals surface area (Å²) in [7, 11) is 4.08. The lowest BCUT2D eigenvalue weighted by Crippen LogP contribution is -2.56. The van der Waals surface area contributed by atoms with Crippen molar-refractivity contribution in [1.82, 2.24) is 20.4 Å². The second-order valence-electron chi connectivity index (χ2n) is 14.7. The average Bonchev–Trinajstić information content (AvgIpc) is 3.27. The normalized spacial score (nSPS) is 37.8. The van der Waals surface area contributed by atoms with Crippen LogP contribution in [0.2, 0.25) is 0 Å². The van der Waals surface area contributed by atoms with Crippen LogP contribution in [0.3, 0.4) is 0 Å². The summed E-state index contributed by atoms with van der Waals surface area (Å²) in [6.45, 7) is 12.9. The summed E-state index contributed by atoms with van der Waals surface area (Å²) in [5, 5.41) is 6.72. The van der Waals surface area contributed by atoms with Crippen molar-refractivity contribution in [2.24, 2.45) is 52.1 Å². The van der Waals surface area contributed by atoms with Crippen molar-refractivity contribution < 1.29 is 9.59 Å². The van der Waals surface area contributed by atoms with Gasteiger partial charge in [0.25, 0.3) is 0 Å². The Kier molecular flexibility index (Phi) is 10.6. The van der Waals surface area contributed by atoms with Gasteiger partial charge < -0.3 is 21.3 Å². The maximum atomic E-state index is 13.9. The minimum absolute atomic E-state index is 0.0369. The molecule has 4 rings (SSSR count). The molecule has 0 spiro atoms. The largest absolute Gasteiger partial charge is 0.338 e. The number of nitrogens with zero attached hydrogens (tertiary/aromatic N) is 2. The number of imide groups is 1. The molecule has 0 saturated heterocycles. The fraction of sp³-hybridized carbons (Fsp3) is 0.939. The molecule has 7 nitrogen and oxygen atoms in total. The van der Waals surface area contributed by atoms with Crippen LogP contribution in [0.25, 0.3) is 0 Å². The van der Waals surface area contributed by atoms with Gasteiger partial charge in [-0.2, -0.15) is 0 Å². The number of fused-ring (bicyclic) bond motifs is 5. The number of nitrogens with one attached hydrogen (secondary N) is 2. The molecule has 0 aromatic carbocycles. The first-order valence-corrected chi connectivity index (χ1v) is 16.7. The van der Waals surface area contributed by atoms with Crippen LogP contribution in [0.1, 0.15) is 98.3 Å². The van der Waals surface area contributed by atoms with E-state index in [1.165, 1.54) is 56.3 Å². The molecule has 0 aliphatic heterocycles. The number of amides is 3. The van der Waals surface area contributed by atoms with Crippen molar-refractivity contribution in [3.63, 3.8) is 0 Å². The quantitative estimate of drug-likeness (QED) is 0.307. The van der Waals surface area contributed by atoms with Crippen molar-refractivity contribution in [1.29, 1.82) is 0 Å². The highest BCUT2D eigenvalue weighted by Crippen LogP contribution is 2.68. The summed E-state index contributed by atoms with van der Waals surface area (Å²) in [5.74, 6) is 3.48. The van der Waals surface area contributed by atoms with Crippen LogP contribution in [0.4, 0.5) is 4.79 Å². The van der Waals surface area contributed by atoms with Gasteiger partial charge in [-0.15, -0.1) is 0 Å². The highest BCUT2D eigenvalue weighted by Gasteiger charge is 2.61. The van der Waals surface area contributed by atoms with Crippen molar-refractivity contribution >= 4 is 11.9 Å². The smallest absolute Gasteiger partial charge is 0.324 e. The highest BCUT2D eigenvalue weighted by atomic mass is 16.2. The Morgan fingerprint density at radius 3 is 2.38 bits per heavy atom. The standard InChI is InChI=1S/C33H61N5O2/c1-7-35-31(40)38(21-9-20-37(5)6)30(39)23(2)27-12-13-28-26-11-10-24-22-25(36-19-8-18-34)14-16-32(24,3)29(26)15-17-33(27,28)4/h23-29,36H,7-22,34H2,1-6H3,(H,35,40)/t23?,24-,25?,26?,27+,28?,29?,32-,33+/m0/s1. The number of hydrogen-bond donors (Lipinski definition) is 3. The van der Waals surface area contributed by atoms with E-state index >= 15 is 0 Å². The van der Waals surface area contributed by atoms with Gasteiger partial charge >= 0.3 is 6.03 Å². The van der Waals surface area contributed by atoms with Gasteiger partial charge in [0.15, 0.2) is 0 Å². The molecule has 0 aromatic rings.